The van der Waals surface area contributed by atoms with Gasteiger partial charge in [-0.25, -0.2) is 4.98 Å². The van der Waals surface area contributed by atoms with Crippen LogP contribution in [0, 0.1) is 5.92 Å². The molecule has 2 heterocycles. The summed E-state index contributed by atoms with van der Waals surface area (Å²) in [5.74, 6) is 0.894. The zero-order valence-electron chi connectivity index (χ0n) is 10.4. The zero-order chi connectivity index (χ0) is 12.4. The van der Waals surface area contributed by atoms with Crippen molar-refractivity contribution in [3.63, 3.8) is 0 Å². The molecule has 1 fully saturated rings. The molecule has 2 unspecified atom stereocenters. The molecule has 1 aromatic heterocycles. The zero-order valence-corrected chi connectivity index (χ0v) is 10.4. The van der Waals surface area contributed by atoms with E-state index in [0.717, 1.165) is 13.0 Å². The number of amides is 1. The average molecular weight is 233 g/mol. The van der Waals surface area contributed by atoms with E-state index in [1.807, 2.05) is 4.90 Å². The Kier molecular flexibility index (Phi) is 3.31. The van der Waals surface area contributed by atoms with Crippen molar-refractivity contribution < 1.29 is 4.79 Å². The van der Waals surface area contributed by atoms with E-state index in [0.29, 0.717) is 23.3 Å². The van der Waals surface area contributed by atoms with E-state index in [2.05, 4.69) is 18.8 Å². The number of nitrogens with zero attached hydrogens (tertiary/aromatic N) is 2. The highest BCUT2D eigenvalue weighted by Gasteiger charge is 2.28. The van der Waals surface area contributed by atoms with E-state index in [9.17, 15) is 4.79 Å². The van der Waals surface area contributed by atoms with Gasteiger partial charge in [-0.3, -0.25) is 4.79 Å². The van der Waals surface area contributed by atoms with E-state index in [1.165, 1.54) is 6.42 Å². The van der Waals surface area contributed by atoms with Crippen LogP contribution in [-0.2, 0) is 0 Å². The number of likely N-dealkylation sites (tertiary alicyclic amines) is 1. The quantitative estimate of drug-likeness (QED) is 0.806. The molecule has 2 N–H and O–H groups in total. The molecule has 1 aliphatic rings. The summed E-state index contributed by atoms with van der Waals surface area (Å²) >= 11 is 0. The third-order valence-corrected chi connectivity index (χ3v) is 3.45. The van der Waals surface area contributed by atoms with Crippen LogP contribution < -0.4 is 5.73 Å². The molecule has 4 nitrogen and oxygen atoms in total. The fraction of sp³-hybridized carbons (Fsp3) is 0.538. The number of nitrogens with two attached hydrogens (primary N) is 1. The summed E-state index contributed by atoms with van der Waals surface area (Å²) in [6, 6.07) is 3.79. The van der Waals surface area contributed by atoms with Gasteiger partial charge in [0.2, 0.25) is 0 Å². The molecule has 0 saturated carbocycles. The molecule has 0 aliphatic carbocycles. The second-order valence-electron chi connectivity index (χ2n) is 4.93. The molecule has 2 rings (SSSR count). The van der Waals surface area contributed by atoms with Crippen LogP contribution in [0.5, 0.6) is 0 Å². The lowest BCUT2D eigenvalue weighted by Gasteiger charge is -2.37. The predicted molar refractivity (Wildman–Crippen MR) is 67.5 cm³/mol. The van der Waals surface area contributed by atoms with Crippen molar-refractivity contribution in [2.75, 3.05) is 12.3 Å². The number of hydrogen-bond donors (Lipinski definition) is 1. The van der Waals surface area contributed by atoms with Crippen LogP contribution in [0.3, 0.4) is 0 Å². The SMILES string of the molecule is CC1CCC(C)N(C(=O)c2cccnc2N)C1. The molecular formula is C13H19N3O. The van der Waals surface area contributed by atoms with Crippen molar-refractivity contribution in [2.24, 2.45) is 5.92 Å². The fourth-order valence-electron chi connectivity index (χ4n) is 2.32. The standard InChI is InChI=1S/C13H19N3O/c1-9-5-6-10(2)16(8-9)13(17)11-4-3-7-15-12(11)14/h3-4,7,9-10H,5-6,8H2,1-2H3,(H2,14,15). The molecule has 1 saturated heterocycles. The van der Waals surface area contributed by atoms with Gasteiger partial charge in [-0.05, 0) is 37.8 Å². The van der Waals surface area contributed by atoms with Crippen molar-refractivity contribution in [2.45, 2.75) is 32.7 Å². The number of carbonyl (C=O) groups is 1. The molecular weight excluding hydrogens is 214 g/mol. The summed E-state index contributed by atoms with van der Waals surface area (Å²) < 4.78 is 0. The van der Waals surface area contributed by atoms with Gasteiger partial charge in [0.1, 0.15) is 5.82 Å². The third kappa shape index (κ3) is 2.40. The second-order valence-corrected chi connectivity index (χ2v) is 4.93. The first-order valence-corrected chi connectivity index (χ1v) is 6.11. The first kappa shape index (κ1) is 11.9. The molecule has 4 heteroatoms. The van der Waals surface area contributed by atoms with Gasteiger partial charge in [0.15, 0.2) is 0 Å². The van der Waals surface area contributed by atoms with Crippen LogP contribution in [0.2, 0.25) is 0 Å². The van der Waals surface area contributed by atoms with Crippen LogP contribution in [0.1, 0.15) is 37.0 Å². The molecule has 2 atom stereocenters. The highest BCUT2D eigenvalue weighted by molar-refractivity contribution is 5.98. The maximum Gasteiger partial charge on any atom is 0.257 e. The molecule has 92 valence electrons. The number of nitrogen functional groups attached to an aromatic ring is 1. The molecule has 0 radical (unpaired) electrons. The second kappa shape index (κ2) is 4.73. The maximum atomic E-state index is 12.4. The van der Waals surface area contributed by atoms with Gasteiger partial charge in [-0.1, -0.05) is 6.92 Å². The number of hydrogen-bond acceptors (Lipinski definition) is 3. The molecule has 1 aromatic rings. The topological polar surface area (TPSA) is 59.2 Å². The van der Waals surface area contributed by atoms with E-state index in [1.54, 1.807) is 18.3 Å². The van der Waals surface area contributed by atoms with E-state index in [4.69, 9.17) is 5.73 Å². The van der Waals surface area contributed by atoms with Gasteiger partial charge < -0.3 is 10.6 Å². The Morgan fingerprint density at radius 2 is 2.24 bits per heavy atom. The van der Waals surface area contributed by atoms with Gasteiger partial charge >= 0.3 is 0 Å². The maximum absolute atomic E-state index is 12.4. The van der Waals surface area contributed by atoms with Crippen LogP contribution in [-0.4, -0.2) is 28.4 Å². The Labute approximate surface area is 102 Å². The minimum Gasteiger partial charge on any atom is -0.383 e. The minimum atomic E-state index is 0.00894. The molecule has 1 amide bonds. The molecule has 1 aliphatic heterocycles. The largest absolute Gasteiger partial charge is 0.383 e. The number of anilines is 1. The van der Waals surface area contributed by atoms with Crippen molar-refractivity contribution in [3.8, 4) is 0 Å². The highest BCUT2D eigenvalue weighted by atomic mass is 16.2. The van der Waals surface area contributed by atoms with E-state index in [-0.39, 0.29) is 5.91 Å². The van der Waals surface area contributed by atoms with Crippen LogP contribution >= 0.6 is 0 Å². The van der Waals surface area contributed by atoms with E-state index < -0.39 is 0 Å². The Balaban J connectivity index is 2.22. The van der Waals surface area contributed by atoms with Gasteiger partial charge in [0, 0.05) is 18.8 Å². The lowest BCUT2D eigenvalue weighted by molar-refractivity contribution is 0.0575. The van der Waals surface area contributed by atoms with Crippen molar-refractivity contribution in [1.29, 1.82) is 0 Å². The van der Waals surface area contributed by atoms with Crippen LogP contribution in [0.15, 0.2) is 18.3 Å². The highest BCUT2D eigenvalue weighted by Crippen LogP contribution is 2.24. The first-order valence-electron chi connectivity index (χ1n) is 6.11. The average Bonchev–Trinajstić information content (AvgIpc) is 2.32. The molecule has 0 aromatic carbocycles. The monoisotopic (exact) mass is 233 g/mol. The van der Waals surface area contributed by atoms with Gasteiger partial charge in [-0.2, -0.15) is 0 Å². The summed E-state index contributed by atoms with van der Waals surface area (Å²) in [5, 5.41) is 0. The van der Waals surface area contributed by atoms with Gasteiger partial charge in [0.25, 0.3) is 5.91 Å². The van der Waals surface area contributed by atoms with Crippen LogP contribution in [0.25, 0.3) is 0 Å². The van der Waals surface area contributed by atoms with E-state index >= 15 is 0 Å². The molecule has 0 spiro atoms. The number of pyridine rings is 1. The summed E-state index contributed by atoms with van der Waals surface area (Å²) in [4.78, 5) is 18.3. The van der Waals surface area contributed by atoms with Crippen LogP contribution in [0.4, 0.5) is 5.82 Å². The fourth-order valence-corrected chi connectivity index (χ4v) is 2.32. The lowest BCUT2D eigenvalue weighted by atomic mass is 9.94. The molecule has 0 bridgehead atoms. The first-order chi connectivity index (χ1) is 8.09. The van der Waals surface area contributed by atoms with Crippen molar-refractivity contribution in [3.05, 3.63) is 23.9 Å². The Morgan fingerprint density at radius 3 is 2.94 bits per heavy atom. The lowest BCUT2D eigenvalue weighted by Crippen LogP contribution is -2.45. The summed E-state index contributed by atoms with van der Waals surface area (Å²) in [6.07, 6.45) is 3.86. The number of piperidine rings is 1. The van der Waals surface area contributed by atoms with Crippen molar-refractivity contribution >= 4 is 11.7 Å². The van der Waals surface area contributed by atoms with Gasteiger partial charge in [0.05, 0.1) is 5.56 Å². The minimum absolute atomic E-state index is 0.00894. The number of aromatic nitrogens is 1. The Bertz CT molecular complexity index is 419. The normalized spacial score (nSPS) is 24.7. The smallest absolute Gasteiger partial charge is 0.257 e. The summed E-state index contributed by atoms with van der Waals surface area (Å²) in [6.45, 7) is 5.09. The number of carbonyl (C=O) groups excluding carboxylic acids is 1. The Hall–Kier alpha value is -1.58. The predicted octanol–water partition coefficient (Wildman–Crippen LogP) is 1.92. The van der Waals surface area contributed by atoms with Crippen molar-refractivity contribution in [1.82, 2.24) is 9.88 Å². The van der Waals surface area contributed by atoms with Gasteiger partial charge in [-0.15, -0.1) is 0 Å². The number of rotatable bonds is 1. The Morgan fingerprint density at radius 1 is 1.47 bits per heavy atom. The third-order valence-electron chi connectivity index (χ3n) is 3.45. The molecule has 17 heavy (non-hydrogen) atoms. The summed E-state index contributed by atoms with van der Waals surface area (Å²) in [5.41, 5.74) is 6.27. The summed E-state index contributed by atoms with van der Waals surface area (Å²) in [7, 11) is 0.